The van der Waals surface area contributed by atoms with Gasteiger partial charge in [-0.15, -0.1) is 0 Å². The average molecular weight is 433 g/mol. The lowest BCUT2D eigenvalue weighted by molar-refractivity contribution is -0.142. The lowest BCUT2D eigenvalue weighted by atomic mass is 10.1. The monoisotopic (exact) mass is 433 g/mol. The normalized spacial score (nSPS) is 11.2. The first-order chi connectivity index (χ1) is 15.5. The van der Waals surface area contributed by atoms with E-state index < -0.39 is 24.2 Å². The van der Waals surface area contributed by atoms with Gasteiger partial charge < -0.3 is 14.6 Å². The summed E-state index contributed by atoms with van der Waals surface area (Å²) in [7, 11) is 0. The Morgan fingerprint density at radius 3 is 1.41 bits per heavy atom. The predicted octanol–water partition coefficient (Wildman–Crippen LogP) is 4.66. The zero-order valence-corrected chi connectivity index (χ0v) is 17.3. The number of rotatable bonds is 8. The summed E-state index contributed by atoms with van der Waals surface area (Å²) in [6.07, 6.45) is -2.26. The van der Waals surface area contributed by atoms with Gasteiger partial charge in [-0.1, -0.05) is 91.0 Å². The Kier molecular flexibility index (Phi) is 7.97. The Labute approximate surface area is 185 Å². The van der Waals surface area contributed by atoms with Crippen molar-refractivity contribution in [2.24, 2.45) is 0 Å². The van der Waals surface area contributed by atoms with Crippen molar-refractivity contribution in [1.82, 2.24) is 4.90 Å². The van der Waals surface area contributed by atoms with Gasteiger partial charge in [0.1, 0.15) is 19.3 Å². The van der Waals surface area contributed by atoms with Gasteiger partial charge in [0, 0.05) is 6.42 Å². The Morgan fingerprint density at radius 1 is 0.656 bits per heavy atom. The van der Waals surface area contributed by atoms with Gasteiger partial charge in [-0.05, 0) is 16.7 Å². The number of nitrogens with zero attached hydrogens (tertiary/aromatic N) is 1. The van der Waals surface area contributed by atoms with Crippen LogP contribution in [0.4, 0.5) is 9.59 Å². The maximum atomic E-state index is 12.8. The van der Waals surface area contributed by atoms with Gasteiger partial charge in [0.15, 0.2) is 0 Å². The summed E-state index contributed by atoms with van der Waals surface area (Å²) >= 11 is 0. The maximum absolute atomic E-state index is 12.8. The van der Waals surface area contributed by atoms with Crippen molar-refractivity contribution in [2.75, 3.05) is 0 Å². The van der Waals surface area contributed by atoms with Crippen LogP contribution in [-0.4, -0.2) is 34.2 Å². The highest BCUT2D eigenvalue weighted by Crippen LogP contribution is 2.15. The Bertz CT molecular complexity index is 969. The first kappa shape index (κ1) is 22.6. The SMILES string of the molecule is O=C(O)[C@H](Cc1ccccc1)N(C(=O)OCc1ccccc1)C(=O)OCc1ccccc1. The molecule has 7 heteroatoms. The fraction of sp³-hybridized carbons (Fsp3) is 0.160. The molecule has 3 aromatic rings. The molecule has 32 heavy (non-hydrogen) atoms. The number of hydrogen-bond acceptors (Lipinski definition) is 5. The van der Waals surface area contributed by atoms with Gasteiger partial charge in [0.25, 0.3) is 0 Å². The molecule has 0 unspecified atom stereocenters. The number of benzene rings is 3. The smallest absolute Gasteiger partial charge is 0.420 e. The van der Waals surface area contributed by atoms with Gasteiger partial charge in [-0.2, -0.15) is 4.90 Å². The van der Waals surface area contributed by atoms with Crippen molar-refractivity contribution < 1.29 is 29.0 Å². The number of hydrogen-bond donors (Lipinski definition) is 1. The van der Waals surface area contributed by atoms with E-state index in [-0.39, 0.29) is 19.6 Å². The van der Waals surface area contributed by atoms with E-state index in [0.717, 1.165) is 0 Å². The van der Waals surface area contributed by atoms with Crippen molar-refractivity contribution in [2.45, 2.75) is 25.7 Å². The third-order valence-corrected chi connectivity index (χ3v) is 4.67. The largest absolute Gasteiger partial charge is 0.480 e. The summed E-state index contributed by atoms with van der Waals surface area (Å²) < 4.78 is 10.5. The van der Waals surface area contributed by atoms with E-state index in [1.165, 1.54) is 0 Å². The summed E-state index contributed by atoms with van der Waals surface area (Å²) in [6.45, 7) is -0.223. The van der Waals surface area contributed by atoms with Crippen LogP contribution in [0.2, 0.25) is 0 Å². The van der Waals surface area contributed by atoms with E-state index in [0.29, 0.717) is 21.6 Å². The minimum atomic E-state index is -1.50. The minimum absolute atomic E-state index is 0.0863. The molecule has 0 fully saturated rings. The van der Waals surface area contributed by atoms with Crippen LogP contribution in [0.5, 0.6) is 0 Å². The van der Waals surface area contributed by atoms with Crippen molar-refractivity contribution in [3.05, 3.63) is 108 Å². The zero-order valence-electron chi connectivity index (χ0n) is 17.3. The van der Waals surface area contributed by atoms with Crippen LogP contribution in [0.15, 0.2) is 91.0 Å². The summed E-state index contributed by atoms with van der Waals surface area (Å²) in [5.41, 5.74) is 2.05. The number of ether oxygens (including phenoxy) is 2. The molecule has 3 rings (SSSR count). The van der Waals surface area contributed by atoms with Crippen molar-refractivity contribution in [3.8, 4) is 0 Å². The molecule has 0 spiro atoms. The van der Waals surface area contributed by atoms with Crippen LogP contribution in [0.3, 0.4) is 0 Å². The van der Waals surface area contributed by atoms with Crippen LogP contribution < -0.4 is 0 Å². The molecule has 0 aromatic heterocycles. The fourth-order valence-corrected chi connectivity index (χ4v) is 3.03. The standard InChI is InChI=1S/C25H23NO6/c27-23(28)22(16-19-10-4-1-5-11-19)26(24(29)31-17-20-12-6-2-7-13-20)25(30)32-18-21-14-8-3-9-15-21/h1-15,22H,16-18H2,(H,27,28)/t22-/m0/s1. The Morgan fingerprint density at radius 2 is 1.03 bits per heavy atom. The van der Waals surface area contributed by atoms with Gasteiger partial charge >= 0.3 is 18.2 Å². The maximum Gasteiger partial charge on any atom is 0.420 e. The predicted molar refractivity (Wildman–Crippen MR) is 117 cm³/mol. The second-order valence-electron chi connectivity index (χ2n) is 6.99. The van der Waals surface area contributed by atoms with E-state index in [2.05, 4.69) is 0 Å². The molecular formula is C25H23NO6. The van der Waals surface area contributed by atoms with Crippen molar-refractivity contribution in [3.63, 3.8) is 0 Å². The van der Waals surface area contributed by atoms with Crippen molar-refractivity contribution in [1.29, 1.82) is 0 Å². The van der Waals surface area contributed by atoms with E-state index >= 15 is 0 Å². The highest BCUT2D eigenvalue weighted by atomic mass is 16.6. The summed E-state index contributed by atoms with van der Waals surface area (Å²) in [5.74, 6) is -1.35. The number of carboxylic acid groups (broad SMARTS) is 1. The number of amides is 2. The van der Waals surface area contributed by atoms with E-state index in [9.17, 15) is 19.5 Å². The fourth-order valence-electron chi connectivity index (χ4n) is 3.03. The van der Waals surface area contributed by atoms with Crippen LogP contribution in [0, 0.1) is 0 Å². The molecule has 164 valence electrons. The summed E-state index contributed by atoms with van der Waals surface area (Å²) in [5, 5.41) is 9.82. The topological polar surface area (TPSA) is 93.1 Å². The first-order valence-corrected chi connectivity index (χ1v) is 10.0. The molecule has 7 nitrogen and oxygen atoms in total. The molecule has 0 aliphatic heterocycles. The molecule has 0 aliphatic carbocycles. The molecule has 0 saturated carbocycles. The van der Waals surface area contributed by atoms with E-state index in [4.69, 9.17) is 9.47 Å². The quantitative estimate of drug-likeness (QED) is 0.555. The molecule has 2 amide bonds. The average Bonchev–Trinajstić information content (AvgIpc) is 2.83. The molecular weight excluding hydrogens is 410 g/mol. The van der Waals surface area contributed by atoms with Crippen molar-refractivity contribution >= 4 is 18.2 Å². The van der Waals surface area contributed by atoms with Crippen LogP contribution in [0.25, 0.3) is 0 Å². The lowest BCUT2D eigenvalue weighted by Gasteiger charge is -2.26. The lowest BCUT2D eigenvalue weighted by Crippen LogP contribution is -2.50. The molecule has 0 saturated heterocycles. The van der Waals surface area contributed by atoms with E-state index in [1.54, 1.807) is 78.9 Å². The molecule has 0 bridgehead atoms. The van der Waals surface area contributed by atoms with Gasteiger partial charge in [0.2, 0.25) is 0 Å². The van der Waals surface area contributed by atoms with Crippen LogP contribution in [-0.2, 0) is 33.9 Å². The molecule has 3 aromatic carbocycles. The minimum Gasteiger partial charge on any atom is -0.480 e. The first-order valence-electron chi connectivity index (χ1n) is 10.0. The summed E-state index contributed by atoms with van der Waals surface area (Å²) in [4.78, 5) is 38.3. The molecule has 0 radical (unpaired) electrons. The highest BCUT2D eigenvalue weighted by Gasteiger charge is 2.37. The third-order valence-electron chi connectivity index (χ3n) is 4.67. The molecule has 0 aliphatic rings. The van der Waals surface area contributed by atoms with Crippen LogP contribution in [0.1, 0.15) is 16.7 Å². The second-order valence-corrected chi connectivity index (χ2v) is 6.99. The van der Waals surface area contributed by atoms with Gasteiger partial charge in [0.05, 0.1) is 0 Å². The summed E-state index contributed by atoms with van der Waals surface area (Å²) in [6, 6.07) is 25.0. The van der Waals surface area contributed by atoms with Gasteiger partial charge in [-0.3, -0.25) is 0 Å². The molecule has 0 heterocycles. The van der Waals surface area contributed by atoms with Crippen LogP contribution >= 0.6 is 0 Å². The number of carboxylic acids is 1. The number of aliphatic carboxylic acids is 1. The number of carbonyl (C=O) groups excluding carboxylic acids is 2. The Balaban J connectivity index is 1.79. The second kappa shape index (κ2) is 11.3. The number of imide groups is 1. The van der Waals surface area contributed by atoms with E-state index in [1.807, 2.05) is 12.1 Å². The molecule has 1 N–H and O–H groups in total. The zero-order chi connectivity index (χ0) is 22.8. The molecule has 1 atom stereocenters. The highest BCUT2D eigenvalue weighted by molar-refractivity contribution is 5.93. The Hall–Kier alpha value is -4.13. The van der Waals surface area contributed by atoms with Gasteiger partial charge in [-0.25, -0.2) is 14.4 Å². The third kappa shape index (κ3) is 6.43. The number of carbonyl (C=O) groups is 3.